The summed E-state index contributed by atoms with van der Waals surface area (Å²) in [6.07, 6.45) is 2.04. The molecule has 17 nitrogen and oxygen atoms in total. The number of urea groups is 1. The normalized spacial score (nSPS) is 11.0. The van der Waals surface area contributed by atoms with Crippen LogP contribution in [0.25, 0.3) is 0 Å². The molecule has 0 spiro atoms. The van der Waals surface area contributed by atoms with Crippen LogP contribution in [0.1, 0.15) is 50.5 Å². The van der Waals surface area contributed by atoms with Crippen molar-refractivity contribution in [2.24, 2.45) is 17.2 Å². The summed E-state index contributed by atoms with van der Waals surface area (Å²) in [6, 6.07) is 8.57. The molecule has 0 unspecified atom stereocenters. The number of nitrogens with two attached hydrogens (primary N) is 3. The molecular weight excluding hydrogens is 652 g/mol. The standard InChI is InChI=1S/C33H58N8O9/c34-13-4-16-37-28(42)10-20-47-24-33(25-48-21-11-29(43)38-17-5-14-35,26-49-22-12-30(44)39-18-6-15-36)41-32(46)40-19-9-31(45)50-23-27-7-2-1-3-8-27/h1-3,7-8H,4-6,9-26,34-36H2,(H,37,42)(H,38,43)(H,39,44)(H2,40,41,46). The molecule has 0 saturated heterocycles. The molecule has 0 bridgehead atoms. The molecule has 0 saturated carbocycles. The molecule has 0 aliphatic rings. The minimum atomic E-state index is -1.31. The lowest BCUT2D eigenvalue weighted by atomic mass is 10.0. The van der Waals surface area contributed by atoms with Crippen LogP contribution < -0.4 is 43.8 Å². The van der Waals surface area contributed by atoms with E-state index in [9.17, 15) is 24.0 Å². The number of amides is 5. The zero-order chi connectivity index (χ0) is 36.7. The highest BCUT2D eigenvalue weighted by Crippen LogP contribution is 2.11. The van der Waals surface area contributed by atoms with Crippen molar-refractivity contribution in [3.05, 3.63) is 35.9 Å². The lowest BCUT2D eigenvalue weighted by Gasteiger charge is -2.34. The van der Waals surface area contributed by atoms with Crippen molar-refractivity contribution < 1.29 is 42.9 Å². The molecule has 0 aromatic heterocycles. The lowest BCUT2D eigenvalue weighted by Crippen LogP contribution is -2.61. The molecule has 50 heavy (non-hydrogen) atoms. The molecule has 0 aliphatic heterocycles. The van der Waals surface area contributed by atoms with Gasteiger partial charge in [0.2, 0.25) is 17.7 Å². The van der Waals surface area contributed by atoms with Gasteiger partial charge in [-0.3, -0.25) is 19.2 Å². The van der Waals surface area contributed by atoms with Crippen LogP contribution in [0.3, 0.4) is 0 Å². The summed E-state index contributed by atoms with van der Waals surface area (Å²) in [5, 5.41) is 13.7. The van der Waals surface area contributed by atoms with Gasteiger partial charge in [-0.15, -0.1) is 0 Å². The molecule has 5 amide bonds. The smallest absolute Gasteiger partial charge is 0.315 e. The van der Waals surface area contributed by atoms with Gasteiger partial charge in [0.15, 0.2) is 0 Å². The van der Waals surface area contributed by atoms with E-state index in [1.807, 2.05) is 30.3 Å². The van der Waals surface area contributed by atoms with Gasteiger partial charge in [0.1, 0.15) is 12.1 Å². The Labute approximate surface area is 294 Å². The number of esters is 1. The molecule has 0 aliphatic carbocycles. The first kappa shape index (κ1) is 44.2. The summed E-state index contributed by atoms with van der Waals surface area (Å²) in [5.41, 5.74) is 16.0. The van der Waals surface area contributed by atoms with E-state index >= 15 is 0 Å². The van der Waals surface area contributed by atoms with Crippen LogP contribution in [-0.4, -0.2) is 121 Å². The van der Waals surface area contributed by atoms with Crippen LogP contribution in [0.5, 0.6) is 0 Å². The van der Waals surface area contributed by atoms with Crippen LogP contribution in [0.15, 0.2) is 30.3 Å². The Hall–Kier alpha value is -3.87. The highest BCUT2D eigenvalue weighted by Gasteiger charge is 2.34. The third-order valence-corrected chi connectivity index (χ3v) is 6.90. The maximum absolute atomic E-state index is 13.1. The van der Waals surface area contributed by atoms with Crippen molar-refractivity contribution in [2.45, 2.75) is 57.1 Å². The van der Waals surface area contributed by atoms with E-state index in [1.165, 1.54) is 0 Å². The highest BCUT2D eigenvalue weighted by atomic mass is 16.5. The predicted molar refractivity (Wildman–Crippen MR) is 186 cm³/mol. The molecule has 0 radical (unpaired) electrons. The van der Waals surface area contributed by atoms with Gasteiger partial charge >= 0.3 is 12.0 Å². The Balaban J connectivity index is 2.88. The van der Waals surface area contributed by atoms with Gasteiger partial charge in [0.25, 0.3) is 0 Å². The van der Waals surface area contributed by atoms with Crippen LogP contribution >= 0.6 is 0 Å². The zero-order valence-corrected chi connectivity index (χ0v) is 29.1. The molecule has 0 fully saturated rings. The molecule has 0 heterocycles. The van der Waals surface area contributed by atoms with Gasteiger partial charge in [-0.2, -0.15) is 0 Å². The Kier molecular flexibility index (Phi) is 25.5. The number of carbonyl (C=O) groups excluding carboxylic acids is 5. The van der Waals surface area contributed by atoms with E-state index in [-0.39, 0.29) is 96.2 Å². The highest BCUT2D eigenvalue weighted by molar-refractivity contribution is 5.77. The van der Waals surface area contributed by atoms with Gasteiger partial charge < -0.3 is 62.7 Å². The number of hydrogen-bond donors (Lipinski definition) is 8. The monoisotopic (exact) mass is 710 g/mol. The maximum Gasteiger partial charge on any atom is 0.315 e. The van der Waals surface area contributed by atoms with Crippen molar-refractivity contribution in [3.8, 4) is 0 Å². The molecule has 284 valence electrons. The Morgan fingerprint density at radius 1 is 0.580 bits per heavy atom. The summed E-state index contributed by atoms with van der Waals surface area (Å²) < 4.78 is 22.8. The zero-order valence-electron chi connectivity index (χ0n) is 29.1. The summed E-state index contributed by atoms with van der Waals surface area (Å²) in [5.74, 6) is -1.15. The lowest BCUT2D eigenvalue weighted by molar-refractivity contribution is -0.144. The van der Waals surface area contributed by atoms with Gasteiger partial charge in [0.05, 0.1) is 46.1 Å². The topological polar surface area (TPSA) is 260 Å². The summed E-state index contributed by atoms with van der Waals surface area (Å²) >= 11 is 0. The predicted octanol–water partition coefficient (Wildman–Crippen LogP) is -1.23. The first-order valence-corrected chi connectivity index (χ1v) is 17.1. The molecule has 17 heteroatoms. The third kappa shape index (κ3) is 23.5. The van der Waals surface area contributed by atoms with Crippen LogP contribution in [-0.2, 0) is 44.7 Å². The van der Waals surface area contributed by atoms with Gasteiger partial charge in [-0.1, -0.05) is 30.3 Å². The van der Waals surface area contributed by atoms with Crippen LogP contribution in [0, 0.1) is 0 Å². The van der Waals surface area contributed by atoms with E-state index in [4.69, 9.17) is 36.1 Å². The van der Waals surface area contributed by atoms with E-state index in [0.717, 1.165) is 5.56 Å². The fourth-order valence-electron chi connectivity index (χ4n) is 4.16. The minimum absolute atomic E-state index is 0.0208. The summed E-state index contributed by atoms with van der Waals surface area (Å²) in [7, 11) is 0. The average Bonchev–Trinajstić information content (AvgIpc) is 3.10. The summed E-state index contributed by atoms with van der Waals surface area (Å²) in [6.45, 7) is 2.45. The summed E-state index contributed by atoms with van der Waals surface area (Å²) in [4.78, 5) is 61.9. The van der Waals surface area contributed by atoms with Gasteiger partial charge in [-0.25, -0.2) is 4.79 Å². The van der Waals surface area contributed by atoms with Gasteiger partial charge in [0, 0.05) is 45.4 Å². The Bertz CT molecular complexity index is 1020. The Morgan fingerprint density at radius 3 is 1.44 bits per heavy atom. The minimum Gasteiger partial charge on any atom is -0.461 e. The number of nitrogens with one attached hydrogen (secondary N) is 5. The molecule has 1 aromatic rings. The first-order chi connectivity index (χ1) is 24.2. The second-order valence-electron chi connectivity index (χ2n) is 11.4. The second-order valence-corrected chi connectivity index (χ2v) is 11.4. The quantitative estimate of drug-likeness (QED) is 0.0345. The van der Waals surface area contributed by atoms with E-state index in [2.05, 4.69) is 26.6 Å². The molecule has 0 atom stereocenters. The first-order valence-electron chi connectivity index (χ1n) is 17.1. The van der Waals surface area contributed by atoms with E-state index in [0.29, 0.717) is 58.5 Å². The average molecular weight is 711 g/mol. The molecular formula is C33H58N8O9. The number of benzene rings is 1. The van der Waals surface area contributed by atoms with Crippen molar-refractivity contribution in [3.63, 3.8) is 0 Å². The second kappa shape index (κ2) is 28.9. The SMILES string of the molecule is NCCCNC(=O)CCOCC(COCCC(=O)NCCCN)(COCCC(=O)NCCCN)NC(=O)NCCC(=O)OCc1ccccc1. The molecule has 1 rings (SSSR count). The number of ether oxygens (including phenoxy) is 4. The van der Waals surface area contributed by atoms with E-state index in [1.54, 1.807) is 0 Å². The third-order valence-electron chi connectivity index (χ3n) is 6.90. The molecule has 1 aromatic carbocycles. The van der Waals surface area contributed by atoms with Gasteiger partial charge in [-0.05, 0) is 44.5 Å². The van der Waals surface area contributed by atoms with Crippen molar-refractivity contribution in [1.82, 2.24) is 26.6 Å². The van der Waals surface area contributed by atoms with Crippen LogP contribution in [0.2, 0.25) is 0 Å². The molecule has 11 N–H and O–H groups in total. The Morgan fingerprint density at radius 2 is 1.02 bits per heavy atom. The number of hydrogen-bond acceptors (Lipinski definition) is 12. The fourth-order valence-corrected chi connectivity index (χ4v) is 4.16. The van der Waals surface area contributed by atoms with Crippen molar-refractivity contribution in [2.75, 3.05) is 85.5 Å². The van der Waals surface area contributed by atoms with Crippen molar-refractivity contribution >= 4 is 29.7 Å². The van der Waals surface area contributed by atoms with Crippen LogP contribution in [0.4, 0.5) is 4.79 Å². The largest absolute Gasteiger partial charge is 0.461 e. The number of carbonyl (C=O) groups is 5. The fraction of sp³-hybridized carbons (Fsp3) is 0.667. The maximum atomic E-state index is 13.1. The number of rotatable bonds is 30. The van der Waals surface area contributed by atoms with E-state index < -0.39 is 17.5 Å². The van der Waals surface area contributed by atoms with Crippen molar-refractivity contribution in [1.29, 1.82) is 0 Å².